The van der Waals surface area contributed by atoms with E-state index in [4.69, 9.17) is 14.6 Å². The second-order valence-corrected chi connectivity index (χ2v) is 5.57. The summed E-state index contributed by atoms with van der Waals surface area (Å²) in [5.41, 5.74) is 0.679. The van der Waals surface area contributed by atoms with Crippen LogP contribution in [-0.2, 0) is 11.3 Å². The summed E-state index contributed by atoms with van der Waals surface area (Å²) in [4.78, 5) is 0. The van der Waals surface area contributed by atoms with Gasteiger partial charge in [-0.1, -0.05) is 15.9 Å². The summed E-state index contributed by atoms with van der Waals surface area (Å²) in [6.45, 7) is 7.08. The standard InChI is InChI=1S/C13H19BrO3/c1-13(2,3)17-7-6-16-11-4-5-12(14)10(8-11)9-15/h4-5,8,15H,6-7,9H2,1-3H3. The number of aliphatic hydroxyl groups excluding tert-OH is 1. The van der Waals surface area contributed by atoms with Crippen molar-refractivity contribution in [3.63, 3.8) is 0 Å². The van der Waals surface area contributed by atoms with E-state index in [0.29, 0.717) is 13.2 Å². The second-order valence-electron chi connectivity index (χ2n) is 4.72. The lowest BCUT2D eigenvalue weighted by Gasteiger charge is -2.19. The summed E-state index contributed by atoms with van der Waals surface area (Å²) in [5.74, 6) is 0.745. The van der Waals surface area contributed by atoms with Crippen molar-refractivity contribution >= 4 is 15.9 Å². The minimum Gasteiger partial charge on any atom is -0.491 e. The Morgan fingerprint density at radius 2 is 1.94 bits per heavy atom. The van der Waals surface area contributed by atoms with Crippen LogP contribution in [0.2, 0.25) is 0 Å². The van der Waals surface area contributed by atoms with Crippen LogP contribution < -0.4 is 4.74 Å². The molecule has 1 N–H and O–H groups in total. The van der Waals surface area contributed by atoms with Crippen LogP contribution in [0.5, 0.6) is 5.75 Å². The first-order valence-corrected chi connectivity index (χ1v) is 6.38. The van der Waals surface area contributed by atoms with Gasteiger partial charge in [-0.3, -0.25) is 0 Å². The van der Waals surface area contributed by atoms with Crippen LogP contribution in [0.3, 0.4) is 0 Å². The summed E-state index contributed by atoms with van der Waals surface area (Å²) in [6.07, 6.45) is 0. The normalized spacial score (nSPS) is 11.6. The van der Waals surface area contributed by atoms with E-state index in [9.17, 15) is 0 Å². The molecule has 0 atom stereocenters. The number of hydrogen-bond acceptors (Lipinski definition) is 3. The monoisotopic (exact) mass is 302 g/mol. The Hall–Kier alpha value is -0.580. The number of aliphatic hydroxyl groups is 1. The summed E-state index contributed by atoms with van der Waals surface area (Å²) < 4.78 is 12.0. The van der Waals surface area contributed by atoms with Gasteiger partial charge in [0.15, 0.2) is 0 Å². The first-order valence-electron chi connectivity index (χ1n) is 5.58. The van der Waals surface area contributed by atoms with Gasteiger partial charge in [-0.05, 0) is 44.5 Å². The van der Waals surface area contributed by atoms with Gasteiger partial charge in [0.1, 0.15) is 12.4 Å². The SMILES string of the molecule is CC(C)(C)OCCOc1ccc(Br)c(CO)c1. The van der Waals surface area contributed by atoms with Gasteiger partial charge >= 0.3 is 0 Å². The zero-order chi connectivity index (χ0) is 12.9. The molecular weight excluding hydrogens is 284 g/mol. The highest BCUT2D eigenvalue weighted by Gasteiger charge is 2.09. The largest absolute Gasteiger partial charge is 0.491 e. The van der Waals surface area contributed by atoms with Crippen LogP contribution >= 0.6 is 15.9 Å². The molecule has 0 heterocycles. The van der Waals surface area contributed by atoms with E-state index >= 15 is 0 Å². The Morgan fingerprint density at radius 3 is 2.53 bits per heavy atom. The van der Waals surface area contributed by atoms with Crippen LogP contribution in [0.25, 0.3) is 0 Å². The molecule has 0 bridgehead atoms. The Labute approximate surface area is 111 Å². The van der Waals surface area contributed by atoms with Crippen LogP contribution in [0.4, 0.5) is 0 Å². The van der Waals surface area contributed by atoms with E-state index in [-0.39, 0.29) is 12.2 Å². The number of benzene rings is 1. The van der Waals surface area contributed by atoms with Gasteiger partial charge in [-0.2, -0.15) is 0 Å². The lowest BCUT2D eigenvalue weighted by atomic mass is 10.2. The number of halogens is 1. The van der Waals surface area contributed by atoms with Gasteiger partial charge in [0.25, 0.3) is 0 Å². The molecule has 1 aromatic carbocycles. The quantitative estimate of drug-likeness (QED) is 0.849. The predicted molar refractivity (Wildman–Crippen MR) is 71.3 cm³/mol. The highest BCUT2D eigenvalue weighted by atomic mass is 79.9. The molecule has 3 nitrogen and oxygen atoms in total. The topological polar surface area (TPSA) is 38.7 Å². The Morgan fingerprint density at radius 1 is 1.24 bits per heavy atom. The third-order valence-electron chi connectivity index (χ3n) is 2.07. The average Bonchev–Trinajstić information content (AvgIpc) is 2.25. The highest BCUT2D eigenvalue weighted by Crippen LogP contribution is 2.22. The molecule has 0 spiro atoms. The van der Waals surface area contributed by atoms with Crippen molar-refractivity contribution in [1.29, 1.82) is 0 Å². The molecular formula is C13H19BrO3. The molecule has 1 rings (SSSR count). The first kappa shape index (κ1) is 14.5. The van der Waals surface area contributed by atoms with Crippen LogP contribution in [0, 0.1) is 0 Å². The maximum atomic E-state index is 9.11. The van der Waals surface area contributed by atoms with Gasteiger partial charge in [0, 0.05) is 4.47 Å². The summed E-state index contributed by atoms with van der Waals surface area (Å²) >= 11 is 3.36. The van der Waals surface area contributed by atoms with Gasteiger partial charge in [-0.25, -0.2) is 0 Å². The maximum absolute atomic E-state index is 9.11. The fourth-order valence-corrected chi connectivity index (χ4v) is 1.64. The third kappa shape index (κ3) is 5.52. The average molecular weight is 303 g/mol. The Kier molecular flexibility index (Phi) is 5.43. The fraction of sp³-hybridized carbons (Fsp3) is 0.538. The molecule has 0 aliphatic carbocycles. The fourth-order valence-electron chi connectivity index (χ4n) is 1.27. The van der Waals surface area contributed by atoms with Crippen LogP contribution in [0.1, 0.15) is 26.3 Å². The lowest BCUT2D eigenvalue weighted by molar-refractivity contribution is -0.0163. The molecule has 0 fully saturated rings. The second kappa shape index (κ2) is 6.38. The number of rotatable bonds is 5. The van der Waals surface area contributed by atoms with Gasteiger partial charge in [0.2, 0.25) is 0 Å². The molecule has 0 aliphatic heterocycles. The Balaban J connectivity index is 2.42. The molecule has 0 aromatic heterocycles. The minimum atomic E-state index is -0.140. The molecule has 17 heavy (non-hydrogen) atoms. The molecule has 1 aromatic rings. The van der Waals surface area contributed by atoms with Crippen molar-refractivity contribution < 1.29 is 14.6 Å². The molecule has 0 amide bonds. The molecule has 0 saturated carbocycles. The van der Waals surface area contributed by atoms with Gasteiger partial charge < -0.3 is 14.6 Å². The molecule has 96 valence electrons. The van der Waals surface area contributed by atoms with Crippen molar-refractivity contribution in [3.8, 4) is 5.75 Å². The van der Waals surface area contributed by atoms with Gasteiger partial charge in [0.05, 0.1) is 18.8 Å². The highest BCUT2D eigenvalue weighted by molar-refractivity contribution is 9.10. The van der Waals surface area contributed by atoms with E-state index in [2.05, 4.69) is 15.9 Å². The van der Waals surface area contributed by atoms with Crippen molar-refractivity contribution in [2.45, 2.75) is 33.0 Å². The van der Waals surface area contributed by atoms with E-state index < -0.39 is 0 Å². The summed E-state index contributed by atoms with van der Waals surface area (Å²) in [6, 6.07) is 5.55. The first-order chi connectivity index (χ1) is 7.92. The minimum absolute atomic E-state index is 0.00370. The van der Waals surface area contributed by atoms with Crippen LogP contribution in [-0.4, -0.2) is 23.9 Å². The Bertz CT molecular complexity index is 358. The summed E-state index contributed by atoms with van der Waals surface area (Å²) in [7, 11) is 0. The molecule has 4 heteroatoms. The molecule has 0 unspecified atom stereocenters. The van der Waals surface area contributed by atoms with Crippen molar-refractivity contribution in [2.24, 2.45) is 0 Å². The summed E-state index contributed by atoms with van der Waals surface area (Å²) in [5, 5.41) is 9.11. The molecule has 0 saturated heterocycles. The van der Waals surface area contributed by atoms with Gasteiger partial charge in [-0.15, -0.1) is 0 Å². The molecule has 0 aliphatic rings. The number of hydrogen-bond donors (Lipinski definition) is 1. The van der Waals surface area contributed by atoms with E-state index in [1.54, 1.807) is 0 Å². The van der Waals surface area contributed by atoms with E-state index in [1.807, 2.05) is 39.0 Å². The van der Waals surface area contributed by atoms with Crippen LogP contribution in [0.15, 0.2) is 22.7 Å². The van der Waals surface area contributed by atoms with E-state index in [1.165, 1.54) is 0 Å². The van der Waals surface area contributed by atoms with Crippen molar-refractivity contribution in [3.05, 3.63) is 28.2 Å². The third-order valence-corrected chi connectivity index (χ3v) is 2.85. The molecule has 0 radical (unpaired) electrons. The maximum Gasteiger partial charge on any atom is 0.119 e. The lowest BCUT2D eigenvalue weighted by Crippen LogP contribution is -2.22. The van der Waals surface area contributed by atoms with Crippen molar-refractivity contribution in [2.75, 3.05) is 13.2 Å². The number of ether oxygens (including phenoxy) is 2. The zero-order valence-electron chi connectivity index (χ0n) is 10.5. The van der Waals surface area contributed by atoms with Crippen molar-refractivity contribution in [1.82, 2.24) is 0 Å². The predicted octanol–water partition coefficient (Wildman–Crippen LogP) is 3.14. The zero-order valence-corrected chi connectivity index (χ0v) is 12.1. The van der Waals surface area contributed by atoms with E-state index in [0.717, 1.165) is 15.8 Å². The smallest absolute Gasteiger partial charge is 0.119 e.